The first-order valence-corrected chi connectivity index (χ1v) is 8.63. The lowest BCUT2D eigenvalue weighted by Crippen LogP contribution is -2.13. The first kappa shape index (κ1) is 18.1. The molecule has 29 heavy (non-hydrogen) atoms. The lowest BCUT2D eigenvalue weighted by atomic mass is 10.1. The van der Waals surface area contributed by atoms with Crippen LogP contribution in [0.2, 0.25) is 0 Å². The van der Waals surface area contributed by atoms with E-state index in [1.807, 2.05) is 0 Å². The van der Waals surface area contributed by atoms with Crippen molar-refractivity contribution in [1.82, 2.24) is 14.7 Å². The molecule has 0 spiro atoms. The third kappa shape index (κ3) is 3.49. The number of nitriles is 1. The highest BCUT2D eigenvalue weighted by molar-refractivity contribution is 6.04. The van der Waals surface area contributed by atoms with Crippen LogP contribution in [0.3, 0.4) is 0 Å². The smallest absolute Gasteiger partial charge is 0.274 e. The highest BCUT2D eigenvalue weighted by Crippen LogP contribution is 2.25. The van der Waals surface area contributed by atoms with Gasteiger partial charge in [-0.3, -0.25) is 4.79 Å². The number of anilines is 1. The highest BCUT2D eigenvalue weighted by atomic mass is 19.1. The molecule has 142 valence electrons. The third-order valence-electron chi connectivity index (χ3n) is 4.38. The molecule has 0 saturated carbocycles. The maximum atomic E-state index is 13.8. The monoisotopic (exact) mass is 387 g/mol. The summed E-state index contributed by atoms with van der Waals surface area (Å²) in [6.07, 6.45) is 0. The van der Waals surface area contributed by atoms with Crippen molar-refractivity contribution in [1.29, 1.82) is 5.26 Å². The van der Waals surface area contributed by atoms with Crippen molar-refractivity contribution in [2.45, 2.75) is 0 Å². The van der Waals surface area contributed by atoms with Crippen molar-refractivity contribution in [3.8, 4) is 29.0 Å². The van der Waals surface area contributed by atoms with Crippen molar-refractivity contribution in [3.63, 3.8) is 0 Å². The Morgan fingerprint density at radius 3 is 2.76 bits per heavy atom. The molecule has 7 nitrogen and oxygen atoms in total. The maximum absolute atomic E-state index is 13.8. The molecule has 1 amide bonds. The molecule has 0 aliphatic heterocycles. The lowest BCUT2D eigenvalue weighted by Gasteiger charge is -2.07. The Kier molecular flexibility index (Phi) is 4.63. The van der Waals surface area contributed by atoms with Gasteiger partial charge in [-0.25, -0.2) is 4.39 Å². The molecule has 0 saturated heterocycles. The molecule has 4 rings (SSSR count). The zero-order valence-electron chi connectivity index (χ0n) is 15.3. The number of halogens is 1. The van der Waals surface area contributed by atoms with E-state index in [4.69, 9.17) is 9.78 Å². The average molecular weight is 387 g/mol. The van der Waals surface area contributed by atoms with E-state index in [1.54, 1.807) is 54.1 Å². The van der Waals surface area contributed by atoms with E-state index in [2.05, 4.69) is 21.5 Å². The maximum Gasteiger partial charge on any atom is 0.274 e. The number of amides is 1. The van der Waals surface area contributed by atoms with E-state index < -0.39 is 11.7 Å². The van der Waals surface area contributed by atoms with E-state index in [9.17, 15) is 9.18 Å². The first-order valence-electron chi connectivity index (χ1n) is 8.63. The molecule has 0 atom stereocenters. The largest absolute Gasteiger partial charge is 0.332 e. The summed E-state index contributed by atoms with van der Waals surface area (Å²) in [7, 11) is 1.73. The molecule has 1 N–H and O–H groups in total. The fourth-order valence-corrected chi connectivity index (χ4v) is 2.86. The number of aromatic nitrogens is 3. The minimum Gasteiger partial charge on any atom is -0.332 e. The van der Waals surface area contributed by atoms with Crippen LogP contribution >= 0.6 is 0 Å². The molecule has 2 aromatic carbocycles. The van der Waals surface area contributed by atoms with E-state index in [0.29, 0.717) is 28.5 Å². The molecule has 2 aromatic heterocycles. The zero-order valence-corrected chi connectivity index (χ0v) is 15.3. The second-order valence-electron chi connectivity index (χ2n) is 6.21. The summed E-state index contributed by atoms with van der Waals surface area (Å²) < 4.78 is 20.8. The normalized spacial score (nSPS) is 10.5. The van der Waals surface area contributed by atoms with Gasteiger partial charge in [0.25, 0.3) is 11.8 Å². The van der Waals surface area contributed by atoms with E-state index in [1.165, 1.54) is 18.2 Å². The zero-order chi connectivity index (χ0) is 20.4. The molecule has 0 unspecified atom stereocenters. The number of hydrogen-bond donors (Lipinski definition) is 1. The first-order chi connectivity index (χ1) is 14.1. The van der Waals surface area contributed by atoms with E-state index >= 15 is 0 Å². The quantitative estimate of drug-likeness (QED) is 0.571. The van der Waals surface area contributed by atoms with E-state index in [-0.39, 0.29) is 11.5 Å². The SMILES string of the molecule is Cn1c(C#N)ccc1-c1nc(-c2cccc(NC(=O)c3ccccc3F)c2)no1. The van der Waals surface area contributed by atoms with Gasteiger partial charge < -0.3 is 14.4 Å². The van der Waals surface area contributed by atoms with Crippen molar-refractivity contribution in [3.05, 3.63) is 77.7 Å². The number of nitrogens with zero attached hydrogens (tertiary/aromatic N) is 4. The van der Waals surface area contributed by atoms with Gasteiger partial charge in [-0.1, -0.05) is 29.4 Å². The predicted octanol–water partition coefficient (Wildman–Crippen LogP) is 4.01. The Hall–Kier alpha value is -4.25. The van der Waals surface area contributed by atoms with Gasteiger partial charge in [-0.2, -0.15) is 10.2 Å². The van der Waals surface area contributed by atoms with Crippen LogP contribution in [0.1, 0.15) is 16.1 Å². The molecule has 0 aliphatic carbocycles. The Morgan fingerprint density at radius 2 is 2.00 bits per heavy atom. The highest BCUT2D eigenvalue weighted by Gasteiger charge is 2.16. The molecule has 4 aromatic rings. The van der Waals surface area contributed by atoms with Gasteiger partial charge in [0.2, 0.25) is 5.82 Å². The lowest BCUT2D eigenvalue weighted by molar-refractivity contribution is 0.102. The Morgan fingerprint density at radius 1 is 1.17 bits per heavy atom. The second-order valence-corrected chi connectivity index (χ2v) is 6.21. The fraction of sp³-hybridized carbons (Fsp3) is 0.0476. The van der Waals surface area contributed by atoms with Gasteiger partial charge in [0.1, 0.15) is 23.3 Å². The molecule has 0 radical (unpaired) electrons. The minimum atomic E-state index is -0.594. The number of hydrogen-bond acceptors (Lipinski definition) is 5. The van der Waals surface area contributed by atoms with Crippen LogP contribution in [0.4, 0.5) is 10.1 Å². The third-order valence-corrected chi connectivity index (χ3v) is 4.38. The van der Waals surface area contributed by atoms with Gasteiger partial charge in [0.15, 0.2) is 0 Å². The summed E-state index contributed by atoms with van der Waals surface area (Å²) in [5.74, 6) is -0.559. The minimum absolute atomic E-state index is 0.0447. The second kappa shape index (κ2) is 7.40. The number of rotatable bonds is 4. The predicted molar refractivity (Wildman–Crippen MR) is 103 cm³/mol. The van der Waals surface area contributed by atoms with Crippen LogP contribution in [0.25, 0.3) is 23.0 Å². The topological polar surface area (TPSA) is 96.7 Å². The summed E-state index contributed by atoms with van der Waals surface area (Å²) in [4.78, 5) is 16.7. The molecule has 0 bridgehead atoms. The number of carbonyl (C=O) groups is 1. The Bertz CT molecular complexity index is 1250. The van der Waals surface area contributed by atoms with Gasteiger partial charge in [-0.05, 0) is 36.4 Å². The molecule has 0 aliphatic rings. The van der Waals surface area contributed by atoms with Crippen LogP contribution in [-0.2, 0) is 7.05 Å². The summed E-state index contributed by atoms with van der Waals surface area (Å²) in [6, 6.07) is 18.0. The molecular formula is C21H14FN5O2. The summed E-state index contributed by atoms with van der Waals surface area (Å²) >= 11 is 0. The van der Waals surface area contributed by atoms with Crippen molar-refractivity contribution in [2.75, 3.05) is 5.32 Å². The van der Waals surface area contributed by atoms with Gasteiger partial charge in [0, 0.05) is 18.3 Å². The number of carbonyl (C=O) groups excluding carboxylic acids is 1. The Balaban J connectivity index is 1.59. The van der Waals surface area contributed by atoms with Crippen molar-refractivity contribution in [2.24, 2.45) is 7.05 Å². The summed E-state index contributed by atoms with van der Waals surface area (Å²) in [6.45, 7) is 0. The standard InChI is InChI=1S/C21H14FN5O2/c1-27-15(12-23)9-10-18(27)21-25-19(26-29-21)13-5-4-6-14(11-13)24-20(28)16-7-2-3-8-17(16)22/h2-11H,1H3,(H,24,28). The van der Waals surface area contributed by atoms with Gasteiger partial charge >= 0.3 is 0 Å². The van der Waals surface area contributed by atoms with Crippen LogP contribution in [-0.4, -0.2) is 20.6 Å². The van der Waals surface area contributed by atoms with Crippen LogP contribution < -0.4 is 5.32 Å². The Labute approximate surface area is 165 Å². The molecule has 0 fully saturated rings. The summed E-state index contributed by atoms with van der Waals surface area (Å²) in [5.41, 5.74) is 2.12. The van der Waals surface area contributed by atoms with Crippen molar-refractivity contribution >= 4 is 11.6 Å². The fourth-order valence-electron chi connectivity index (χ4n) is 2.86. The van der Waals surface area contributed by atoms with Crippen LogP contribution in [0.5, 0.6) is 0 Å². The average Bonchev–Trinajstić information content (AvgIpc) is 3.35. The van der Waals surface area contributed by atoms with Crippen LogP contribution in [0, 0.1) is 17.1 Å². The summed E-state index contributed by atoms with van der Waals surface area (Å²) in [5, 5.41) is 15.7. The van der Waals surface area contributed by atoms with Gasteiger partial charge in [-0.15, -0.1) is 0 Å². The number of benzene rings is 2. The molecule has 8 heteroatoms. The van der Waals surface area contributed by atoms with Gasteiger partial charge in [0.05, 0.1) is 5.56 Å². The van der Waals surface area contributed by atoms with E-state index in [0.717, 1.165) is 0 Å². The molecular weight excluding hydrogens is 373 g/mol. The molecule has 2 heterocycles. The van der Waals surface area contributed by atoms with Crippen molar-refractivity contribution < 1.29 is 13.7 Å². The van der Waals surface area contributed by atoms with Crippen LogP contribution in [0.15, 0.2) is 65.2 Å². The number of nitrogens with one attached hydrogen (secondary N) is 1.